The van der Waals surface area contributed by atoms with Gasteiger partial charge in [0.15, 0.2) is 0 Å². The number of benzene rings is 1. The summed E-state index contributed by atoms with van der Waals surface area (Å²) in [5, 5.41) is 3.11. The summed E-state index contributed by atoms with van der Waals surface area (Å²) in [5.41, 5.74) is 3.37. The summed E-state index contributed by atoms with van der Waals surface area (Å²) in [6, 6.07) is 11.5. The number of carbonyl (C=O) groups is 1. The van der Waals surface area contributed by atoms with E-state index >= 15 is 0 Å². The maximum atomic E-state index is 12.0. The van der Waals surface area contributed by atoms with Crippen molar-refractivity contribution in [2.45, 2.75) is 39.2 Å². The highest BCUT2D eigenvalue weighted by molar-refractivity contribution is 6.30. The van der Waals surface area contributed by atoms with Crippen LogP contribution in [0.3, 0.4) is 0 Å². The van der Waals surface area contributed by atoms with Crippen molar-refractivity contribution in [3.05, 3.63) is 74.7 Å². The number of hydrogen-bond acceptors (Lipinski definition) is 3. The van der Waals surface area contributed by atoms with Crippen molar-refractivity contribution in [3.63, 3.8) is 0 Å². The predicted molar refractivity (Wildman–Crippen MR) is 116 cm³/mol. The van der Waals surface area contributed by atoms with Crippen LogP contribution in [-0.2, 0) is 16.0 Å². The summed E-state index contributed by atoms with van der Waals surface area (Å²) in [5.74, 6) is 0.578. The van der Waals surface area contributed by atoms with Gasteiger partial charge in [-0.25, -0.2) is 0 Å². The molecule has 2 N–H and O–H groups in total. The molecule has 2 aromatic rings. The summed E-state index contributed by atoms with van der Waals surface area (Å²) < 4.78 is 5.67. The Hall–Kier alpha value is -2.37. The zero-order valence-corrected chi connectivity index (χ0v) is 17.6. The number of amides is 1. The molecule has 0 saturated carbocycles. The Morgan fingerprint density at radius 1 is 1.21 bits per heavy atom. The van der Waals surface area contributed by atoms with E-state index in [4.69, 9.17) is 16.3 Å². The molecule has 6 heteroatoms. The van der Waals surface area contributed by atoms with E-state index in [2.05, 4.69) is 36.3 Å². The Morgan fingerprint density at radius 3 is 2.59 bits per heavy atom. The molecule has 154 valence electrons. The van der Waals surface area contributed by atoms with E-state index in [0.717, 1.165) is 30.6 Å². The first-order chi connectivity index (χ1) is 13.9. The fourth-order valence-electron chi connectivity index (χ4n) is 3.28. The first-order valence-corrected chi connectivity index (χ1v) is 10.4. The summed E-state index contributed by atoms with van der Waals surface area (Å²) in [4.78, 5) is 26.4. The number of hydrogen-bond donors (Lipinski definition) is 2. The van der Waals surface area contributed by atoms with Crippen LogP contribution in [0.5, 0.6) is 0 Å². The van der Waals surface area contributed by atoms with Gasteiger partial charge in [0.1, 0.15) is 5.02 Å². The van der Waals surface area contributed by atoms with Crippen LogP contribution < -0.4 is 10.9 Å². The number of halogens is 1. The molecule has 5 nitrogen and oxygen atoms in total. The normalized spacial score (nSPS) is 17.0. The SMILES string of the molecule is CC(C)COCCc1ccc(/C(=C\C2CCC(=O)N2)c2ccc(Cl)c(=O)[nH]2)cc1. The van der Waals surface area contributed by atoms with Crippen LogP contribution in [0.1, 0.15) is 43.5 Å². The molecule has 29 heavy (non-hydrogen) atoms. The Kier molecular flexibility index (Phi) is 7.29. The minimum Gasteiger partial charge on any atom is -0.381 e. The molecule has 1 amide bonds. The van der Waals surface area contributed by atoms with Crippen molar-refractivity contribution < 1.29 is 9.53 Å². The molecule has 1 saturated heterocycles. The average Bonchev–Trinajstić information content (AvgIpc) is 3.11. The van der Waals surface area contributed by atoms with Gasteiger partial charge >= 0.3 is 0 Å². The van der Waals surface area contributed by atoms with Gasteiger partial charge in [0.25, 0.3) is 5.56 Å². The van der Waals surface area contributed by atoms with Crippen LogP contribution >= 0.6 is 11.6 Å². The summed E-state index contributed by atoms with van der Waals surface area (Å²) >= 11 is 5.89. The number of aromatic amines is 1. The van der Waals surface area contributed by atoms with Gasteiger partial charge in [-0.3, -0.25) is 9.59 Å². The van der Waals surface area contributed by atoms with E-state index in [1.54, 1.807) is 12.1 Å². The van der Waals surface area contributed by atoms with Gasteiger partial charge in [-0.1, -0.05) is 55.8 Å². The second kappa shape index (κ2) is 9.90. The standard InChI is InChI=1S/C23H27ClN2O3/c1-15(2)14-29-12-11-16-3-5-17(6-4-16)19(13-18-7-10-22(27)25-18)21-9-8-20(24)23(28)26-21/h3-6,8-9,13,15,18H,7,10-12,14H2,1-2H3,(H,25,27)(H,26,28)/b19-13+. The zero-order chi connectivity index (χ0) is 20.8. The van der Waals surface area contributed by atoms with Crippen LogP contribution in [0.4, 0.5) is 0 Å². The van der Waals surface area contributed by atoms with Gasteiger partial charge in [-0.05, 0) is 42.0 Å². The van der Waals surface area contributed by atoms with Gasteiger partial charge in [0.2, 0.25) is 5.91 Å². The number of nitrogens with one attached hydrogen (secondary N) is 2. The molecule has 1 aromatic heterocycles. The number of rotatable bonds is 8. The first kappa shape index (κ1) is 21.3. The Balaban J connectivity index is 1.82. The van der Waals surface area contributed by atoms with Crippen LogP contribution in [0.25, 0.3) is 5.57 Å². The predicted octanol–water partition coefficient (Wildman–Crippen LogP) is 3.95. The summed E-state index contributed by atoms with van der Waals surface area (Å²) in [6.45, 7) is 5.73. The fourth-order valence-corrected chi connectivity index (χ4v) is 3.39. The van der Waals surface area contributed by atoms with Crippen molar-refractivity contribution in [1.82, 2.24) is 10.3 Å². The largest absolute Gasteiger partial charge is 0.381 e. The summed E-state index contributed by atoms with van der Waals surface area (Å²) in [6.07, 6.45) is 4.11. The molecule has 1 unspecified atom stereocenters. The molecule has 1 aliphatic rings. The number of ether oxygens (including phenoxy) is 1. The lowest BCUT2D eigenvalue weighted by atomic mass is 9.97. The average molecular weight is 415 g/mol. The third-order valence-corrected chi connectivity index (χ3v) is 5.10. The second-order valence-electron chi connectivity index (χ2n) is 7.76. The molecule has 3 rings (SSSR count). The maximum absolute atomic E-state index is 12.0. The molecule has 1 fully saturated rings. The van der Waals surface area contributed by atoms with Crippen molar-refractivity contribution in [2.75, 3.05) is 13.2 Å². The lowest BCUT2D eigenvalue weighted by Crippen LogP contribution is -2.23. The minimum absolute atomic E-state index is 0.0481. The van der Waals surface area contributed by atoms with E-state index in [-0.39, 0.29) is 22.5 Å². The molecule has 1 aromatic carbocycles. The highest BCUT2D eigenvalue weighted by Gasteiger charge is 2.20. The van der Waals surface area contributed by atoms with Crippen molar-refractivity contribution in [2.24, 2.45) is 5.92 Å². The van der Waals surface area contributed by atoms with E-state index in [0.29, 0.717) is 24.6 Å². The van der Waals surface area contributed by atoms with Crippen molar-refractivity contribution in [3.8, 4) is 0 Å². The molecule has 1 atom stereocenters. The van der Waals surface area contributed by atoms with Gasteiger partial charge in [-0.15, -0.1) is 0 Å². The number of pyridine rings is 1. The molecular formula is C23H27ClN2O3. The summed E-state index contributed by atoms with van der Waals surface area (Å²) in [7, 11) is 0. The zero-order valence-electron chi connectivity index (χ0n) is 16.8. The van der Waals surface area contributed by atoms with Crippen LogP contribution in [0, 0.1) is 5.92 Å². The quantitative estimate of drug-likeness (QED) is 0.642. The van der Waals surface area contributed by atoms with Crippen molar-refractivity contribution in [1.29, 1.82) is 0 Å². The lowest BCUT2D eigenvalue weighted by molar-refractivity contribution is -0.119. The highest BCUT2D eigenvalue weighted by Crippen LogP contribution is 2.25. The topological polar surface area (TPSA) is 71.2 Å². The minimum atomic E-state index is -0.329. The van der Waals surface area contributed by atoms with Crippen LogP contribution in [0.15, 0.2) is 47.3 Å². The van der Waals surface area contributed by atoms with Gasteiger partial charge in [0.05, 0.1) is 6.61 Å². The maximum Gasteiger partial charge on any atom is 0.267 e. The fraction of sp³-hybridized carbons (Fsp3) is 0.391. The van der Waals surface area contributed by atoms with Crippen LogP contribution in [-0.4, -0.2) is 30.1 Å². The number of aromatic nitrogens is 1. The van der Waals surface area contributed by atoms with E-state index < -0.39 is 0 Å². The number of carbonyl (C=O) groups excluding carboxylic acids is 1. The molecular weight excluding hydrogens is 388 g/mol. The Morgan fingerprint density at radius 2 is 1.97 bits per heavy atom. The molecule has 1 aliphatic heterocycles. The monoisotopic (exact) mass is 414 g/mol. The van der Waals surface area contributed by atoms with Gasteiger partial charge in [-0.2, -0.15) is 0 Å². The van der Waals surface area contributed by atoms with Crippen molar-refractivity contribution >= 4 is 23.1 Å². The smallest absolute Gasteiger partial charge is 0.267 e. The van der Waals surface area contributed by atoms with Crippen LogP contribution in [0.2, 0.25) is 5.02 Å². The molecule has 0 bridgehead atoms. The second-order valence-corrected chi connectivity index (χ2v) is 8.16. The Labute approximate surface area is 176 Å². The first-order valence-electron chi connectivity index (χ1n) is 10.00. The molecule has 0 aliphatic carbocycles. The highest BCUT2D eigenvalue weighted by atomic mass is 35.5. The molecule has 0 spiro atoms. The van der Waals surface area contributed by atoms with Gasteiger partial charge in [0, 0.05) is 30.3 Å². The van der Waals surface area contributed by atoms with E-state index in [9.17, 15) is 9.59 Å². The third kappa shape index (κ3) is 6.05. The Bertz CT molecular complexity index is 932. The van der Waals surface area contributed by atoms with E-state index in [1.807, 2.05) is 18.2 Å². The molecule has 0 radical (unpaired) electrons. The van der Waals surface area contributed by atoms with E-state index in [1.165, 1.54) is 5.56 Å². The third-order valence-electron chi connectivity index (χ3n) is 4.80. The number of H-pyrrole nitrogens is 1. The van der Waals surface area contributed by atoms with Gasteiger partial charge < -0.3 is 15.0 Å². The lowest BCUT2D eigenvalue weighted by Gasteiger charge is -2.13. The molecule has 2 heterocycles.